The number of hydrogen-bond acceptors (Lipinski definition) is 7. The van der Waals surface area contributed by atoms with E-state index in [2.05, 4.69) is 5.10 Å². The molecule has 1 fully saturated rings. The lowest BCUT2D eigenvalue weighted by atomic mass is 10.2. The highest BCUT2D eigenvalue weighted by atomic mass is 35.5. The van der Waals surface area contributed by atoms with Gasteiger partial charge in [-0.2, -0.15) is 0 Å². The van der Waals surface area contributed by atoms with Crippen molar-refractivity contribution in [1.29, 1.82) is 0 Å². The van der Waals surface area contributed by atoms with Crippen LogP contribution in [0.15, 0.2) is 28.6 Å². The minimum absolute atomic E-state index is 0.0457. The van der Waals surface area contributed by atoms with Gasteiger partial charge in [-0.3, -0.25) is 4.79 Å². The maximum Gasteiger partial charge on any atom is 0.233 e. The number of amides is 1. The molecule has 1 aliphatic heterocycles. The third-order valence-electron chi connectivity index (χ3n) is 4.07. The Balaban J connectivity index is 1.63. The number of rotatable bonds is 5. The fraction of sp³-hybridized carbons (Fsp3) is 0.400. The molecule has 140 valence electrons. The first kappa shape index (κ1) is 19.8. The van der Waals surface area contributed by atoms with Gasteiger partial charge in [0, 0.05) is 18.1 Å². The van der Waals surface area contributed by atoms with Gasteiger partial charge < -0.3 is 4.90 Å². The molecule has 1 amide bonds. The number of aromatic nitrogens is 2. The number of carbonyl (C=O) groups excluding carboxylic acids is 1. The van der Waals surface area contributed by atoms with Gasteiger partial charge in [-0.15, -0.1) is 5.10 Å². The molecule has 1 saturated heterocycles. The number of hydrogen-bond donors (Lipinski definition) is 0. The summed E-state index contributed by atoms with van der Waals surface area (Å²) in [5, 5.41) is 5.08. The lowest BCUT2D eigenvalue weighted by Crippen LogP contribution is -2.38. The normalized spacial score (nSPS) is 18.8. The predicted octanol–water partition coefficient (Wildman–Crippen LogP) is 3.05. The van der Waals surface area contributed by atoms with Crippen LogP contribution in [0, 0.1) is 3.95 Å². The summed E-state index contributed by atoms with van der Waals surface area (Å²) >= 11 is 13.9. The molecule has 1 aromatic carbocycles. The molecule has 0 bridgehead atoms. The molecule has 1 aliphatic rings. The molecule has 26 heavy (non-hydrogen) atoms. The zero-order valence-electron chi connectivity index (χ0n) is 13.8. The van der Waals surface area contributed by atoms with Crippen LogP contribution >= 0.6 is 46.9 Å². The van der Waals surface area contributed by atoms with Gasteiger partial charge >= 0.3 is 0 Å². The van der Waals surface area contributed by atoms with Gasteiger partial charge in [0.15, 0.2) is 18.1 Å². The Hall–Kier alpha value is -0.940. The zero-order chi connectivity index (χ0) is 18.9. The fourth-order valence-electron chi connectivity index (χ4n) is 2.57. The molecule has 0 aliphatic carbocycles. The van der Waals surface area contributed by atoms with Crippen LogP contribution in [-0.2, 0) is 14.6 Å². The molecule has 0 saturated carbocycles. The Labute approximate surface area is 170 Å². The Morgan fingerprint density at radius 1 is 1.46 bits per heavy atom. The van der Waals surface area contributed by atoms with E-state index >= 15 is 0 Å². The average Bonchev–Trinajstić information content (AvgIpc) is 3.15. The predicted molar refractivity (Wildman–Crippen MR) is 108 cm³/mol. The first-order valence-corrected chi connectivity index (χ1v) is 12.1. The molecule has 1 atom stereocenters. The number of halogens is 1. The summed E-state index contributed by atoms with van der Waals surface area (Å²) in [6, 6.07) is 6.94. The number of thioether (sulfide) groups is 1. The van der Waals surface area contributed by atoms with E-state index in [1.807, 2.05) is 12.1 Å². The van der Waals surface area contributed by atoms with Crippen LogP contribution in [0.25, 0.3) is 5.69 Å². The van der Waals surface area contributed by atoms with E-state index < -0.39 is 9.84 Å². The Morgan fingerprint density at radius 2 is 2.15 bits per heavy atom. The van der Waals surface area contributed by atoms with Gasteiger partial charge in [0.1, 0.15) is 0 Å². The van der Waals surface area contributed by atoms with Gasteiger partial charge in [-0.05, 0) is 42.9 Å². The third kappa shape index (κ3) is 4.66. The minimum atomic E-state index is -3.01. The number of sulfone groups is 1. The second-order valence-electron chi connectivity index (χ2n) is 5.87. The lowest BCUT2D eigenvalue weighted by molar-refractivity contribution is -0.128. The van der Waals surface area contributed by atoms with Crippen molar-refractivity contribution >= 4 is 62.7 Å². The van der Waals surface area contributed by atoms with Crippen LogP contribution in [0.4, 0.5) is 0 Å². The summed E-state index contributed by atoms with van der Waals surface area (Å²) in [5.74, 6) is 0.270. The molecule has 2 aromatic rings. The molecule has 3 rings (SSSR count). The molecule has 1 unspecified atom stereocenters. The first-order chi connectivity index (χ1) is 12.2. The summed E-state index contributed by atoms with van der Waals surface area (Å²) in [4.78, 5) is 13.9. The monoisotopic (exact) mass is 449 g/mol. The highest BCUT2D eigenvalue weighted by Gasteiger charge is 2.32. The number of benzene rings is 1. The summed E-state index contributed by atoms with van der Waals surface area (Å²) in [5.41, 5.74) is 0.808. The third-order valence-corrected chi connectivity index (χ3v) is 8.42. The average molecular weight is 450 g/mol. The summed E-state index contributed by atoms with van der Waals surface area (Å²) in [6.45, 7) is 0. The van der Waals surface area contributed by atoms with Crippen molar-refractivity contribution in [3.05, 3.63) is 33.2 Å². The molecular weight excluding hydrogens is 434 g/mol. The van der Waals surface area contributed by atoms with Crippen molar-refractivity contribution < 1.29 is 13.2 Å². The van der Waals surface area contributed by atoms with Crippen molar-refractivity contribution in [3.8, 4) is 5.69 Å². The smallest absolute Gasteiger partial charge is 0.233 e. The molecule has 0 radical (unpaired) electrons. The molecule has 0 spiro atoms. The summed E-state index contributed by atoms with van der Waals surface area (Å²) in [6.07, 6.45) is 0.499. The Morgan fingerprint density at radius 3 is 2.77 bits per heavy atom. The van der Waals surface area contributed by atoms with Crippen molar-refractivity contribution in [2.75, 3.05) is 24.3 Å². The van der Waals surface area contributed by atoms with E-state index in [4.69, 9.17) is 23.8 Å². The molecule has 2 heterocycles. The van der Waals surface area contributed by atoms with Gasteiger partial charge in [-0.1, -0.05) is 34.7 Å². The van der Waals surface area contributed by atoms with Crippen molar-refractivity contribution in [2.24, 2.45) is 0 Å². The second kappa shape index (κ2) is 7.97. The van der Waals surface area contributed by atoms with Gasteiger partial charge in [0.2, 0.25) is 5.91 Å². The summed E-state index contributed by atoms with van der Waals surface area (Å²) < 4.78 is 26.0. The maximum atomic E-state index is 12.4. The van der Waals surface area contributed by atoms with E-state index in [0.29, 0.717) is 19.7 Å². The number of carbonyl (C=O) groups is 1. The summed E-state index contributed by atoms with van der Waals surface area (Å²) in [7, 11) is -1.36. The first-order valence-electron chi connectivity index (χ1n) is 7.70. The molecule has 1 aromatic heterocycles. The van der Waals surface area contributed by atoms with Crippen LogP contribution in [0.3, 0.4) is 0 Å². The fourth-order valence-corrected chi connectivity index (χ4v) is 6.76. The van der Waals surface area contributed by atoms with Crippen LogP contribution in [0.1, 0.15) is 6.42 Å². The van der Waals surface area contributed by atoms with Crippen molar-refractivity contribution in [3.63, 3.8) is 0 Å². The topological polar surface area (TPSA) is 72.3 Å². The van der Waals surface area contributed by atoms with Gasteiger partial charge in [0.05, 0.1) is 22.9 Å². The minimum Gasteiger partial charge on any atom is -0.341 e. The highest BCUT2D eigenvalue weighted by Crippen LogP contribution is 2.25. The van der Waals surface area contributed by atoms with Crippen LogP contribution in [0.2, 0.25) is 5.02 Å². The highest BCUT2D eigenvalue weighted by molar-refractivity contribution is 8.01. The standard InChI is InChI=1S/C15H16ClN3O3S4/c1-18(12-6-7-26(21,22)9-12)13(20)8-24-14-17-19(15(23)25-14)11-4-2-10(16)3-5-11/h2-5,12H,6-9H2,1H3. The largest absolute Gasteiger partial charge is 0.341 e. The van der Waals surface area contributed by atoms with Gasteiger partial charge in [0.25, 0.3) is 0 Å². The van der Waals surface area contributed by atoms with E-state index in [9.17, 15) is 13.2 Å². The van der Waals surface area contributed by atoms with Crippen LogP contribution in [0.5, 0.6) is 0 Å². The second-order valence-corrected chi connectivity index (χ2v) is 11.4. The van der Waals surface area contributed by atoms with Crippen LogP contribution in [-0.4, -0.2) is 59.4 Å². The SMILES string of the molecule is CN(C(=O)CSc1nn(-c2ccc(Cl)cc2)c(=S)s1)C1CCS(=O)(=O)C1. The zero-order valence-corrected chi connectivity index (χ0v) is 17.8. The van der Waals surface area contributed by atoms with Crippen LogP contribution < -0.4 is 0 Å². The Kier molecular flexibility index (Phi) is 6.07. The Bertz CT molecular complexity index is 969. The van der Waals surface area contributed by atoms with E-state index in [1.165, 1.54) is 28.0 Å². The number of nitrogens with zero attached hydrogens (tertiary/aromatic N) is 3. The van der Waals surface area contributed by atoms with Crippen molar-refractivity contribution in [2.45, 2.75) is 16.8 Å². The van der Waals surface area contributed by atoms with E-state index in [0.717, 1.165) is 5.69 Å². The maximum absolute atomic E-state index is 12.4. The quantitative estimate of drug-likeness (QED) is 0.516. The molecule has 0 N–H and O–H groups in total. The molecule has 6 nitrogen and oxygen atoms in total. The van der Waals surface area contributed by atoms with Gasteiger partial charge in [-0.25, -0.2) is 13.1 Å². The lowest BCUT2D eigenvalue weighted by Gasteiger charge is -2.22. The van der Waals surface area contributed by atoms with E-state index in [-0.39, 0.29) is 29.2 Å². The van der Waals surface area contributed by atoms with E-state index in [1.54, 1.807) is 23.9 Å². The molecule has 11 heteroatoms. The molecular formula is C15H16ClN3O3S4. The van der Waals surface area contributed by atoms with Crippen molar-refractivity contribution in [1.82, 2.24) is 14.7 Å².